The summed E-state index contributed by atoms with van der Waals surface area (Å²) < 4.78 is 5.57. The van der Waals surface area contributed by atoms with E-state index in [2.05, 4.69) is 22.9 Å². The molecule has 2 atom stereocenters. The Hall–Kier alpha value is -1.69. The number of hydrogen-bond acceptors (Lipinski definition) is 5. The first-order chi connectivity index (χ1) is 10.2. The summed E-state index contributed by atoms with van der Waals surface area (Å²) in [5.74, 6) is 0.577. The number of rotatable bonds is 3. The van der Waals surface area contributed by atoms with E-state index in [1.807, 2.05) is 24.3 Å². The Kier molecular flexibility index (Phi) is 4.05. The van der Waals surface area contributed by atoms with Crippen LogP contribution in [0.15, 0.2) is 30.3 Å². The molecule has 1 fully saturated rings. The molecular formula is C16H21N3O2. The number of fused-ring (bicyclic) bond motifs is 1. The van der Waals surface area contributed by atoms with E-state index in [4.69, 9.17) is 10.5 Å². The molecule has 2 unspecified atom stereocenters. The van der Waals surface area contributed by atoms with Gasteiger partial charge in [0.1, 0.15) is 5.82 Å². The molecule has 0 saturated carbocycles. The van der Waals surface area contributed by atoms with Crippen molar-refractivity contribution in [2.75, 3.05) is 25.5 Å². The highest BCUT2D eigenvalue weighted by Crippen LogP contribution is 2.22. The molecular weight excluding hydrogens is 266 g/mol. The first-order valence-corrected chi connectivity index (χ1v) is 7.28. The maximum atomic E-state index is 9.27. The van der Waals surface area contributed by atoms with Gasteiger partial charge in [-0.2, -0.15) is 0 Å². The summed E-state index contributed by atoms with van der Waals surface area (Å²) >= 11 is 0. The van der Waals surface area contributed by atoms with E-state index in [0.717, 1.165) is 23.0 Å². The van der Waals surface area contributed by atoms with Gasteiger partial charge in [0, 0.05) is 30.1 Å². The summed E-state index contributed by atoms with van der Waals surface area (Å²) in [5, 5.41) is 10.4. The number of para-hydroxylation sites is 1. The molecule has 0 amide bonds. The highest BCUT2D eigenvalue weighted by atomic mass is 16.5. The zero-order valence-electron chi connectivity index (χ0n) is 12.2. The third-order valence-corrected chi connectivity index (χ3v) is 4.05. The monoisotopic (exact) mass is 287 g/mol. The molecule has 2 aromatic rings. The minimum absolute atomic E-state index is 0.0503. The lowest BCUT2D eigenvalue weighted by atomic mass is 10.1. The van der Waals surface area contributed by atoms with Crippen molar-refractivity contribution in [3.63, 3.8) is 0 Å². The Bertz CT molecular complexity index is 632. The highest BCUT2D eigenvalue weighted by molar-refractivity contribution is 5.81. The van der Waals surface area contributed by atoms with E-state index in [-0.39, 0.29) is 12.7 Å². The van der Waals surface area contributed by atoms with Gasteiger partial charge in [-0.15, -0.1) is 0 Å². The van der Waals surface area contributed by atoms with Crippen molar-refractivity contribution in [1.82, 2.24) is 9.88 Å². The molecule has 5 heteroatoms. The van der Waals surface area contributed by atoms with E-state index >= 15 is 0 Å². The number of nitrogens with two attached hydrogens (primary N) is 1. The lowest BCUT2D eigenvalue weighted by molar-refractivity contribution is -0.0805. The number of morpholine rings is 1. The molecule has 21 heavy (non-hydrogen) atoms. The van der Waals surface area contributed by atoms with E-state index in [1.165, 1.54) is 0 Å². The average molecular weight is 287 g/mol. The van der Waals surface area contributed by atoms with Crippen molar-refractivity contribution >= 4 is 16.7 Å². The van der Waals surface area contributed by atoms with Crippen LogP contribution in [0.5, 0.6) is 0 Å². The molecule has 0 spiro atoms. The largest absolute Gasteiger partial charge is 0.394 e. The van der Waals surface area contributed by atoms with Gasteiger partial charge in [-0.3, -0.25) is 4.90 Å². The van der Waals surface area contributed by atoms with Gasteiger partial charge >= 0.3 is 0 Å². The third-order valence-electron chi connectivity index (χ3n) is 4.05. The molecule has 1 aromatic carbocycles. The summed E-state index contributed by atoms with van der Waals surface area (Å²) in [5.41, 5.74) is 8.04. The molecule has 1 aliphatic heterocycles. The quantitative estimate of drug-likeness (QED) is 0.893. The number of aliphatic hydroxyl groups is 1. The molecule has 2 heterocycles. The fraction of sp³-hybridized carbons (Fsp3) is 0.438. The molecule has 0 bridgehead atoms. The third kappa shape index (κ3) is 3.00. The molecule has 1 saturated heterocycles. The van der Waals surface area contributed by atoms with Gasteiger partial charge < -0.3 is 15.6 Å². The van der Waals surface area contributed by atoms with Crippen molar-refractivity contribution in [3.8, 4) is 0 Å². The van der Waals surface area contributed by atoms with E-state index in [9.17, 15) is 5.11 Å². The Morgan fingerprint density at radius 3 is 3.05 bits per heavy atom. The second kappa shape index (κ2) is 5.97. The van der Waals surface area contributed by atoms with Crippen molar-refractivity contribution in [1.29, 1.82) is 0 Å². The zero-order chi connectivity index (χ0) is 14.8. The summed E-state index contributed by atoms with van der Waals surface area (Å²) in [6.45, 7) is 4.24. The summed E-state index contributed by atoms with van der Waals surface area (Å²) in [4.78, 5) is 6.76. The van der Waals surface area contributed by atoms with Crippen LogP contribution in [0.25, 0.3) is 10.9 Å². The second-order valence-electron chi connectivity index (χ2n) is 5.64. The summed E-state index contributed by atoms with van der Waals surface area (Å²) in [6.07, 6.45) is -0.115. The average Bonchev–Trinajstić information content (AvgIpc) is 2.50. The number of ether oxygens (including phenoxy) is 1. The van der Waals surface area contributed by atoms with Crippen LogP contribution in [0, 0.1) is 0 Å². The smallest absolute Gasteiger partial charge is 0.128 e. The van der Waals surface area contributed by atoms with Gasteiger partial charge in [0.25, 0.3) is 0 Å². The predicted octanol–water partition coefficient (Wildman–Crippen LogP) is 1.40. The minimum Gasteiger partial charge on any atom is -0.394 e. The molecule has 5 nitrogen and oxygen atoms in total. The molecule has 1 aliphatic rings. The zero-order valence-corrected chi connectivity index (χ0v) is 12.2. The van der Waals surface area contributed by atoms with Gasteiger partial charge in [0.05, 0.1) is 24.8 Å². The second-order valence-corrected chi connectivity index (χ2v) is 5.64. The van der Waals surface area contributed by atoms with Crippen LogP contribution in [-0.4, -0.2) is 46.9 Å². The molecule has 0 aliphatic carbocycles. The highest BCUT2D eigenvalue weighted by Gasteiger charge is 2.26. The summed E-state index contributed by atoms with van der Waals surface area (Å²) in [6, 6.07) is 10.4. The molecule has 0 radical (unpaired) electrons. The number of nitrogens with zero attached hydrogens (tertiary/aromatic N) is 2. The number of anilines is 1. The van der Waals surface area contributed by atoms with Crippen molar-refractivity contribution in [2.24, 2.45) is 0 Å². The molecule has 1 aromatic heterocycles. The normalized spacial score (nSPS) is 23.5. The Labute approximate surface area is 124 Å². The van der Waals surface area contributed by atoms with Crippen LogP contribution in [0.2, 0.25) is 0 Å². The lowest BCUT2D eigenvalue weighted by Gasteiger charge is -2.37. The number of benzene rings is 1. The maximum absolute atomic E-state index is 9.27. The first kappa shape index (κ1) is 14.3. The number of aliphatic hydroxyl groups excluding tert-OH is 1. The minimum atomic E-state index is -0.115. The van der Waals surface area contributed by atoms with Crippen molar-refractivity contribution in [3.05, 3.63) is 35.9 Å². The van der Waals surface area contributed by atoms with Crippen LogP contribution in [0.3, 0.4) is 0 Å². The van der Waals surface area contributed by atoms with Crippen LogP contribution in [0.1, 0.15) is 12.5 Å². The van der Waals surface area contributed by atoms with E-state index in [0.29, 0.717) is 25.0 Å². The topological polar surface area (TPSA) is 71.6 Å². The van der Waals surface area contributed by atoms with Crippen LogP contribution in [0.4, 0.5) is 5.82 Å². The summed E-state index contributed by atoms with van der Waals surface area (Å²) in [7, 11) is 0. The fourth-order valence-electron chi connectivity index (χ4n) is 2.73. The Balaban J connectivity index is 1.84. The van der Waals surface area contributed by atoms with Gasteiger partial charge in [-0.1, -0.05) is 18.2 Å². The number of hydrogen-bond donors (Lipinski definition) is 2. The van der Waals surface area contributed by atoms with Crippen molar-refractivity contribution in [2.45, 2.75) is 25.6 Å². The Morgan fingerprint density at radius 2 is 2.24 bits per heavy atom. The standard InChI is InChI=1S/C16H21N3O2/c1-11-10-21-14(9-20)8-19(11)7-13-6-12-4-2-3-5-15(12)18-16(13)17/h2-6,11,14,20H,7-10H2,1H3,(H2,17,18). The fourth-order valence-corrected chi connectivity index (χ4v) is 2.73. The van der Waals surface area contributed by atoms with Crippen LogP contribution in [-0.2, 0) is 11.3 Å². The molecule has 3 N–H and O–H groups in total. The number of aromatic nitrogens is 1. The molecule has 3 rings (SSSR count). The molecule has 112 valence electrons. The van der Waals surface area contributed by atoms with Crippen LogP contribution >= 0.6 is 0 Å². The van der Waals surface area contributed by atoms with Gasteiger partial charge in [-0.25, -0.2) is 4.98 Å². The maximum Gasteiger partial charge on any atom is 0.128 e. The first-order valence-electron chi connectivity index (χ1n) is 7.28. The van der Waals surface area contributed by atoms with E-state index < -0.39 is 0 Å². The SMILES string of the molecule is CC1COC(CO)CN1Cc1cc2ccccc2nc1N. The van der Waals surface area contributed by atoms with Crippen LogP contribution < -0.4 is 5.73 Å². The van der Waals surface area contributed by atoms with Gasteiger partial charge in [-0.05, 0) is 19.1 Å². The predicted molar refractivity (Wildman–Crippen MR) is 82.9 cm³/mol. The van der Waals surface area contributed by atoms with Gasteiger partial charge in [0.15, 0.2) is 0 Å². The number of pyridine rings is 1. The van der Waals surface area contributed by atoms with E-state index in [1.54, 1.807) is 0 Å². The number of nitrogen functional groups attached to an aromatic ring is 1. The lowest BCUT2D eigenvalue weighted by Crippen LogP contribution is -2.48. The van der Waals surface area contributed by atoms with Crippen molar-refractivity contribution < 1.29 is 9.84 Å². The van der Waals surface area contributed by atoms with Gasteiger partial charge in [0.2, 0.25) is 0 Å². The Morgan fingerprint density at radius 1 is 1.43 bits per heavy atom.